The van der Waals surface area contributed by atoms with Gasteiger partial charge in [0.1, 0.15) is 0 Å². The number of rotatable bonds is 7. The van der Waals surface area contributed by atoms with Gasteiger partial charge in [0.2, 0.25) is 0 Å². The molecule has 3 aromatic rings. The fraction of sp³-hybridized carbons (Fsp3) is 0.280. The van der Waals surface area contributed by atoms with Crippen LogP contribution in [0.15, 0.2) is 82.7 Å². The normalized spacial score (nSPS) is 12.0. The van der Waals surface area contributed by atoms with Crippen LogP contribution < -0.4 is 16.2 Å². The van der Waals surface area contributed by atoms with Crippen molar-refractivity contribution in [2.75, 3.05) is 13.6 Å². The van der Waals surface area contributed by atoms with Crippen LogP contribution in [0, 0.1) is 6.92 Å². The highest BCUT2D eigenvalue weighted by atomic mass is 127. The van der Waals surface area contributed by atoms with Gasteiger partial charge in [-0.1, -0.05) is 67.1 Å². The van der Waals surface area contributed by atoms with E-state index >= 15 is 0 Å². The Hall–Kier alpha value is -2.61. The van der Waals surface area contributed by atoms with E-state index < -0.39 is 0 Å². The molecule has 1 atom stereocenters. The number of aliphatic imine (C=N–C) groups is 1. The molecule has 0 aliphatic carbocycles. The molecule has 164 valence electrons. The molecule has 3 rings (SSSR count). The summed E-state index contributed by atoms with van der Waals surface area (Å²) in [5.41, 5.74) is 4.88. The molecule has 0 saturated carbocycles. The minimum atomic E-state index is 0. The Kier molecular flexibility index (Phi) is 9.78. The van der Waals surface area contributed by atoms with Crippen molar-refractivity contribution in [3.63, 3.8) is 0 Å². The smallest absolute Gasteiger partial charge is 0.250 e. The molecule has 2 aromatic carbocycles. The lowest BCUT2D eigenvalue weighted by Gasteiger charge is -2.17. The van der Waals surface area contributed by atoms with E-state index in [4.69, 9.17) is 0 Å². The van der Waals surface area contributed by atoms with Gasteiger partial charge in [-0.25, -0.2) is 0 Å². The maximum atomic E-state index is 11.9. The fourth-order valence-corrected chi connectivity index (χ4v) is 3.30. The summed E-state index contributed by atoms with van der Waals surface area (Å²) in [6.45, 7) is 6.41. The van der Waals surface area contributed by atoms with Crippen LogP contribution in [0.3, 0.4) is 0 Å². The van der Waals surface area contributed by atoms with E-state index in [-0.39, 0.29) is 29.5 Å². The third-order valence-electron chi connectivity index (χ3n) is 5.15. The number of hydrogen-bond acceptors (Lipinski definition) is 2. The Morgan fingerprint density at radius 2 is 1.74 bits per heavy atom. The van der Waals surface area contributed by atoms with E-state index in [1.807, 2.05) is 12.3 Å². The summed E-state index contributed by atoms with van der Waals surface area (Å²) >= 11 is 0. The molecule has 0 radical (unpaired) electrons. The number of halogens is 1. The molecule has 1 unspecified atom stereocenters. The van der Waals surface area contributed by atoms with E-state index in [0.29, 0.717) is 19.0 Å². The highest BCUT2D eigenvalue weighted by Crippen LogP contribution is 2.15. The Balaban J connectivity index is 0.00000341. The number of benzene rings is 2. The number of aryl methyl sites for hydroxylation is 1. The first-order valence-electron chi connectivity index (χ1n) is 10.3. The molecule has 0 saturated heterocycles. The van der Waals surface area contributed by atoms with E-state index in [1.165, 1.54) is 11.1 Å². The third kappa shape index (κ3) is 7.54. The van der Waals surface area contributed by atoms with Gasteiger partial charge >= 0.3 is 0 Å². The molecule has 6 heteroatoms. The summed E-state index contributed by atoms with van der Waals surface area (Å²) in [6, 6.07) is 22.1. The minimum Gasteiger partial charge on any atom is -0.356 e. The van der Waals surface area contributed by atoms with Gasteiger partial charge in [0, 0.05) is 32.4 Å². The van der Waals surface area contributed by atoms with Crippen molar-refractivity contribution >= 4 is 29.9 Å². The monoisotopic (exact) mass is 530 g/mol. The average Bonchev–Trinajstić information content (AvgIpc) is 2.76. The van der Waals surface area contributed by atoms with Gasteiger partial charge in [-0.05, 0) is 35.6 Å². The second-order valence-corrected chi connectivity index (χ2v) is 7.61. The number of nitrogens with one attached hydrogen (secondary N) is 2. The SMILES string of the molecule is CN=C(NCc1ccc(Cn2ccccc2=O)cc1)NCC(C)c1cccc(C)c1.I. The number of guanidine groups is 1. The lowest BCUT2D eigenvalue weighted by atomic mass is 9.99. The molecule has 5 nitrogen and oxygen atoms in total. The van der Waals surface area contributed by atoms with Crippen molar-refractivity contribution in [1.29, 1.82) is 0 Å². The van der Waals surface area contributed by atoms with Crippen molar-refractivity contribution in [3.05, 3.63) is 106 Å². The van der Waals surface area contributed by atoms with Crippen molar-refractivity contribution in [1.82, 2.24) is 15.2 Å². The Bertz CT molecular complexity index is 1040. The van der Waals surface area contributed by atoms with Crippen molar-refractivity contribution in [2.45, 2.75) is 32.9 Å². The number of nitrogens with zero attached hydrogens (tertiary/aromatic N) is 2. The minimum absolute atomic E-state index is 0. The number of hydrogen-bond donors (Lipinski definition) is 2. The molecular weight excluding hydrogens is 499 g/mol. The number of aromatic nitrogens is 1. The van der Waals surface area contributed by atoms with E-state index in [1.54, 1.807) is 23.7 Å². The average molecular weight is 530 g/mol. The van der Waals surface area contributed by atoms with E-state index in [2.05, 4.69) is 78.0 Å². The zero-order valence-corrected chi connectivity index (χ0v) is 20.7. The van der Waals surface area contributed by atoms with Crippen LogP contribution in [0.2, 0.25) is 0 Å². The zero-order valence-electron chi connectivity index (χ0n) is 18.3. The van der Waals surface area contributed by atoms with Crippen molar-refractivity contribution in [2.24, 2.45) is 4.99 Å². The quantitative estimate of drug-likeness (QED) is 0.272. The Labute approximate surface area is 201 Å². The first-order chi connectivity index (χ1) is 14.5. The second-order valence-electron chi connectivity index (χ2n) is 7.61. The molecule has 0 bridgehead atoms. The van der Waals surface area contributed by atoms with Gasteiger partial charge in [-0.15, -0.1) is 24.0 Å². The van der Waals surface area contributed by atoms with E-state index in [0.717, 1.165) is 23.6 Å². The largest absolute Gasteiger partial charge is 0.356 e. The van der Waals surface area contributed by atoms with Crippen LogP contribution in [0.1, 0.15) is 35.1 Å². The Morgan fingerprint density at radius 3 is 2.42 bits per heavy atom. The second kappa shape index (κ2) is 12.3. The van der Waals surface area contributed by atoms with Crippen LogP contribution in [0.5, 0.6) is 0 Å². The Morgan fingerprint density at radius 1 is 1.00 bits per heavy atom. The topological polar surface area (TPSA) is 58.4 Å². The van der Waals surface area contributed by atoms with Crippen LogP contribution in [-0.4, -0.2) is 24.1 Å². The molecular formula is C25H31IN4O. The summed E-state index contributed by atoms with van der Waals surface area (Å²) in [4.78, 5) is 16.2. The first-order valence-corrected chi connectivity index (χ1v) is 10.3. The first kappa shape index (κ1) is 24.7. The molecule has 31 heavy (non-hydrogen) atoms. The van der Waals surface area contributed by atoms with Gasteiger partial charge in [0.05, 0.1) is 6.54 Å². The molecule has 2 N–H and O–H groups in total. The standard InChI is InChI=1S/C25H30N4O.HI/c1-19-7-6-8-23(15-19)20(2)16-27-25(26-3)28-17-21-10-12-22(13-11-21)18-29-14-5-4-9-24(29)30;/h4-15,20H,16-18H2,1-3H3,(H2,26,27,28);1H. The van der Waals surface area contributed by atoms with Crippen molar-refractivity contribution < 1.29 is 0 Å². The van der Waals surface area contributed by atoms with Crippen LogP contribution >= 0.6 is 24.0 Å². The predicted molar refractivity (Wildman–Crippen MR) is 139 cm³/mol. The molecule has 0 amide bonds. The van der Waals surface area contributed by atoms with Gasteiger partial charge in [0.15, 0.2) is 5.96 Å². The third-order valence-corrected chi connectivity index (χ3v) is 5.15. The molecule has 1 aromatic heterocycles. The summed E-state index contributed by atoms with van der Waals surface area (Å²) in [6.07, 6.45) is 1.81. The maximum Gasteiger partial charge on any atom is 0.250 e. The molecule has 0 aliphatic heterocycles. The van der Waals surface area contributed by atoms with Gasteiger partial charge < -0.3 is 15.2 Å². The summed E-state index contributed by atoms with van der Waals surface area (Å²) in [5, 5.41) is 6.77. The molecule has 0 aliphatic rings. The van der Waals surface area contributed by atoms with Gasteiger partial charge in [-0.3, -0.25) is 9.79 Å². The maximum absolute atomic E-state index is 11.9. The predicted octanol–water partition coefficient (Wildman–Crippen LogP) is 4.29. The summed E-state index contributed by atoms with van der Waals surface area (Å²) in [5.74, 6) is 1.18. The summed E-state index contributed by atoms with van der Waals surface area (Å²) in [7, 11) is 1.79. The van der Waals surface area contributed by atoms with Crippen LogP contribution in [-0.2, 0) is 13.1 Å². The highest BCUT2D eigenvalue weighted by Gasteiger charge is 2.07. The molecule has 0 spiro atoms. The molecule has 0 fully saturated rings. The van der Waals surface area contributed by atoms with Gasteiger partial charge in [0.25, 0.3) is 5.56 Å². The molecule has 1 heterocycles. The van der Waals surface area contributed by atoms with E-state index in [9.17, 15) is 4.79 Å². The highest BCUT2D eigenvalue weighted by molar-refractivity contribution is 14.0. The summed E-state index contributed by atoms with van der Waals surface area (Å²) < 4.78 is 1.70. The lowest BCUT2D eigenvalue weighted by Crippen LogP contribution is -2.38. The van der Waals surface area contributed by atoms with Crippen LogP contribution in [0.25, 0.3) is 0 Å². The fourth-order valence-electron chi connectivity index (χ4n) is 3.30. The number of pyridine rings is 1. The van der Waals surface area contributed by atoms with Crippen molar-refractivity contribution in [3.8, 4) is 0 Å². The lowest BCUT2D eigenvalue weighted by molar-refractivity contribution is 0.698. The van der Waals surface area contributed by atoms with Crippen LogP contribution in [0.4, 0.5) is 0 Å². The zero-order chi connectivity index (χ0) is 21.3. The van der Waals surface area contributed by atoms with Gasteiger partial charge in [-0.2, -0.15) is 0 Å².